The minimum absolute atomic E-state index is 0.876. The lowest BCUT2D eigenvalue weighted by molar-refractivity contribution is 0.670. The zero-order valence-corrected chi connectivity index (χ0v) is 29.8. The molecule has 11 aromatic rings. The van der Waals surface area contributed by atoms with Gasteiger partial charge in [0, 0.05) is 49.4 Å². The van der Waals surface area contributed by atoms with E-state index in [2.05, 4.69) is 193 Å². The van der Waals surface area contributed by atoms with Gasteiger partial charge in [-0.05, 0) is 82.2 Å². The first-order valence-electron chi connectivity index (χ1n) is 18.7. The summed E-state index contributed by atoms with van der Waals surface area (Å²) in [5.74, 6) is 0. The van der Waals surface area contributed by atoms with Crippen molar-refractivity contribution in [1.29, 1.82) is 0 Å². The van der Waals surface area contributed by atoms with Crippen molar-refractivity contribution in [1.82, 2.24) is 0 Å². The molecule has 2 aromatic heterocycles. The smallest absolute Gasteiger partial charge is 0.143 e. The molecule has 55 heavy (non-hydrogen) atoms. The number of para-hydroxylation sites is 3. The van der Waals surface area contributed by atoms with Gasteiger partial charge in [0.05, 0.1) is 5.69 Å². The van der Waals surface area contributed by atoms with Gasteiger partial charge in [-0.2, -0.15) is 0 Å². The monoisotopic (exact) mass is 703 g/mol. The predicted octanol–water partition coefficient (Wildman–Crippen LogP) is 15.1. The van der Waals surface area contributed by atoms with Crippen LogP contribution < -0.4 is 4.90 Å². The van der Waals surface area contributed by atoms with E-state index in [1.165, 1.54) is 16.5 Å². The Hall–Kier alpha value is -7.36. The summed E-state index contributed by atoms with van der Waals surface area (Å²) in [4.78, 5) is 2.35. The van der Waals surface area contributed by atoms with Crippen LogP contribution in [-0.4, -0.2) is 0 Å². The van der Waals surface area contributed by atoms with Crippen molar-refractivity contribution in [2.75, 3.05) is 4.90 Å². The van der Waals surface area contributed by atoms with E-state index in [9.17, 15) is 0 Å². The van der Waals surface area contributed by atoms with Crippen molar-refractivity contribution in [3.63, 3.8) is 0 Å². The molecular weight excluding hydrogens is 671 g/mol. The molecule has 0 radical (unpaired) electrons. The molecule has 0 amide bonds. The third-order valence-corrected chi connectivity index (χ3v) is 10.9. The normalized spacial score (nSPS) is 11.6. The second-order valence-electron chi connectivity index (χ2n) is 14.1. The summed E-state index contributed by atoms with van der Waals surface area (Å²) >= 11 is 0. The molecule has 0 N–H and O–H groups in total. The standard InChI is InChI=1S/C52H33NO2/c1-2-11-34(12-3-1)35-21-27-39(28-22-35)53(40-29-23-37(24-30-40)43-17-10-18-46-44-16-7-9-20-49(44)54-51(43)46)48-19-8-6-14-41(48)38-26-31-45-47-32-25-36-13-4-5-15-42(36)52(47)55-50(45)33-38/h1-33H. The van der Waals surface area contributed by atoms with E-state index < -0.39 is 0 Å². The molecular formula is C52H33NO2. The van der Waals surface area contributed by atoms with Crippen LogP contribution in [0.5, 0.6) is 0 Å². The summed E-state index contributed by atoms with van der Waals surface area (Å²) in [6, 6.07) is 70.9. The van der Waals surface area contributed by atoms with Crippen molar-refractivity contribution in [3.8, 4) is 33.4 Å². The zero-order valence-electron chi connectivity index (χ0n) is 29.8. The maximum Gasteiger partial charge on any atom is 0.143 e. The highest BCUT2D eigenvalue weighted by Crippen LogP contribution is 2.44. The lowest BCUT2D eigenvalue weighted by Gasteiger charge is -2.28. The van der Waals surface area contributed by atoms with E-state index in [0.29, 0.717) is 0 Å². The Morgan fingerprint density at radius 3 is 1.71 bits per heavy atom. The molecule has 9 aromatic carbocycles. The zero-order chi connectivity index (χ0) is 36.3. The summed E-state index contributed by atoms with van der Waals surface area (Å²) in [5.41, 5.74) is 13.5. The van der Waals surface area contributed by atoms with Gasteiger partial charge >= 0.3 is 0 Å². The van der Waals surface area contributed by atoms with Crippen LogP contribution in [-0.2, 0) is 0 Å². The predicted molar refractivity (Wildman–Crippen MR) is 229 cm³/mol. The molecule has 0 bridgehead atoms. The van der Waals surface area contributed by atoms with E-state index in [0.717, 1.165) is 88.6 Å². The molecule has 0 aliphatic carbocycles. The van der Waals surface area contributed by atoms with Crippen molar-refractivity contribution < 1.29 is 8.83 Å². The van der Waals surface area contributed by atoms with Crippen molar-refractivity contribution in [3.05, 3.63) is 200 Å². The van der Waals surface area contributed by atoms with E-state index in [1.54, 1.807) is 0 Å². The van der Waals surface area contributed by atoms with E-state index in [1.807, 2.05) is 12.1 Å². The van der Waals surface area contributed by atoms with E-state index in [-0.39, 0.29) is 0 Å². The Morgan fingerprint density at radius 2 is 0.873 bits per heavy atom. The molecule has 0 unspecified atom stereocenters. The Bertz CT molecular complexity index is 3190. The number of fused-ring (bicyclic) bond motifs is 8. The summed E-state index contributed by atoms with van der Waals surface area (Å²) in [7, 11) is 0. The van der Waals surface area contributed by atoms with Gasteiger partial charge in [0.15, 0.2) is 0 Å². The minimum atomic E-state index is 0.876. The lowest BCUT2D eigenvalue weighted by Crippen LogP contribution is -2.11. The van der Waals surface area contributed by atoms with Gasteiger partial charge in [-0.3, -0.25) is 0 Å². The topological polar surface area (TPSA) is 29.5 Å². The number of rotatable bonds is 6. The number of anilines is 3. The maximum atomic E-state index is 6.64. The van der Waals surface area contributed by atoms with Crippen LogP contribution in [0.15, 0.2) is 209 Å². The Kier molecular flexibility index (Phi) is 7.17. The molecule has 2 heterocycles. The van der Waals surface area contributed by atoms with Crippen LogP contribution in [0.25, 0.3) is 88.0 Å². The molecule has 258 valence electrons. The number of benzene rings is 9. The van der Waals surface area contributed by atoms with Gasteiger partial charge in [0.1, 0.15) is 22.3 Å². The van der Waals surface area contributed by atoms with Crippen molar-refractivity contribution in [2.24, 2.45) is 0 Å². The Balaban J connectivity index is 1.05. The maximum absolute atomic E-state index is 6.64. The molecule has 0 aliphatic heterocycles. The Morgan fingerprint density at radius 1 is 0.309 bits per heavy atom. The second kappa shape index (κ2) is 12.6. The quantitative estimate of drug-likeness (QED) is 0.173. The summed E-state index contributed by atoms with van der Waals surface area (Å²) in [6.45, 7) is 0. The third-order valence-electron chi connectivity index (χ3n) is 10.9. The summed E-state index contributed by atoms with van der Waals surface area (Å²) < 4.78 is 13.1. The molecule has 0 saturated heterocycles. The first-order valence-corrected chi connectivity index (χ1v) is 18.7. The number of nitrogens with zero attached hydrogens (tertiary/aromatic N) is 1. The van der Waals surface area contributed by atoms with Crippen molar-refractivity contribution in [2.45, 2.75) is 0 Å². The third kappa shape index (κ3) is 5.20. The summed E-state index contributed by atoms with van der Waals surface area (Å²) in [6.07, 6.45) is 0. The summed E-state index contributed by atoms with van der Waals surface area (Å²) in [5, 5.41) is 6.81. The van der Waals surface area contributed by atoms with Gasteiger partial charge in [0.25, 0.3) is 0 Å². The number of hydrogen-bond acceptors (Lipinski definition) is 3. The minimum Gasteiger partial charge on any atom is -0.455 e. The highest BCUT2D eigenvalue weighted by Gasteiger charge is 2.20. The molecule has 0 saturated carbocycles. The molecule has 0 aliphatic rings. The fraction of sp³-hybridized carbons (Fsp3) is 0. The number of hydrogen-bond donors (Lipinski definition) is 0. The van der Waals surface area contributed by atoms with Gasteiger partial charge in [-0.1, -0.05) is 146 Å². The van der Waals surface area contributed by atoms with Gasteiger partial charge < -0.3 is 13.7 Å². The van der Waals surface area contributed by atoms with Crippen LogP contribution in [0.3, 0.4) is 0 Å². The number of furan rings is 2. The first-order chi connectivity index (χ1) is 27.3. The highest BCUT2D eigenvalue weighted by atomic mass is 16.3. The fourth-order valence-electron chi connectivity index (χ4n) is 8.21. The molecule has 0 fully saturated rings. The van der Waals surface area contributed by atoms with Crippen LogP contribution >= 0.6 is 0 Å². The van der Waals surface area contributed by atoms with Crippen molar-refractivity contribution >= 4 is 71.7 Å². The fourth-order valence-corrected chi connectivity index (χ4v) is 8.21. The van der Waals surface area contributed by atoms with Crippen LogP contribution in [0.2, 0.25) is 0 Å². The highest BCUT2D eigenvalue weighted by molar-refractivity contribution is 6.15. The largest absolute Gasteiger partial charge is 0.455 e. The van der Waals surface area contributed by atoms with Crippen LogP contribution in [0, 0.1) is 0 Å². The second-order valence-corrected chi connectivity index (χ2v) is 14.1. The van der Waals surface area contributed by atoms with Gasteiger partial charge in [0.2, 0.25) is 0 Å². The van der Waals surface area contributed by atoms with E-state index in [4.69, 9.17) is 8.83 Å². The SMILES string of the molecule is c1ccc(-c2ccc(N(c3ccc(-c4cccc5c4oc4ccccc45)cc3)c3ccccc3-c3ccc4c(c3)oc3c5ccccc5ccc43)cc2)cc1. The Labute approximate surface area is 317 Å². The first kappa shape index (κ1) is 31.2. The average molecular weight is 704 g/mol. The van der Waals surface area contributed by atoms with Crippen LogP contribution in [0.1, 0.15) is 0 Å². The molecule has 0 atom stereocenters. The van der Waals surface area contributed by atoms with Gasteiger partial charge in [-0.15, -0.1) is 0 Å². The molecule has 3 heteroatoms. The molecule has 3 nitrogen and oxygen atoms in total. The molecule has 0 spiro atoms. The average Bonchev–Trinajstić information content (AvgIpc) is 3.83. The lowest BCUT2D eigenvalue weighted by atomic mass is 9.98. The van der Waals surface area contributed by atoms with Crippen LogP contribution in [0.4, 0.5) is 17.1 Å². The van der Waals surface area contributed by atoms with E-state index >= 15 is 0 Å². The van der Waals surface area contributed by atoms with Gasteiger partial charge in [-0.25, -0.2) is 0 Å². The molecule has 11 rings (SSSR count).